The van der Waals surface area contributed by atoms with Crippen molar-refractivity contribution < 1.29 is 9.57 Å². The van der Waals surface area contributed by atoms with Gasteiger partial charge in [0.15, 0.2) is 6.20 Å². The minimum absolute atomic E-state index is 0.625. The van der Waals surface area contributed by atoms with Crippen LogP contribution in [-0.2, 0) is 4.84 Å². The van der Waals surface area contributed by atoms with Crippen LogP contribution in [0, 0.1) is 5.21 Å². The van der Waals surface area contributed by atoms with Crippen LogP contribution in [0.15, 0.2) is 34.6 Å². The van der Waals surface area contributed by atoms with Gasteiger partial charge in [-0.2, -0.15) is 4.73 Å². The Morgan fingerprint density at radius 2 is 2.54 bits per heavy atom. The first-order valence-corrected chi connectivity index (χ1v) is 4.69. The van der Waals surface area contributed by atoms with Gasteiger partial charge in [-0.3, -0.25) is 0 Å². The zero-order chi connectivity index (χ0) is 9.52. The highest BCUT2D eigenvalue weighted by Crippen LogP contribution is 2.10. The van der Waals surface area contributed by atoms with Crippen LogP contribution in [0.2, 0.25) is 0 Å². The van der Waals surface area contributed by atoms with Gasteiger partial charge in [0.2, 0.25) is 0 Å². The zero-order valence-corrected chi connectivity index (χ0v) is 8.03. The molecule has 0 amide bonds. The number of hydrogen-bond acceptors (Lipinski definition) is 4. The summed E-state index contributed by atoms with van der Waals surface area (Å²) in [6.07, 6.45) is 3.08. The van der Waals surface area contributed by atoms with Crippen LogP contribution < -0.4 is 4.73 Å². The van der Waals surface area contributed by atoms with Crippen molar-refractivity contribution in [3.8, 4) is 0 Å². The van der Waals surface area contributed by atoms with E-state index in [9.17, 15) is 5.21 Å². The highest BCUT2D eigenvalue weighted by Gasteiger charge is 2.01. The third kappa shape index (κ3) is 3.33. The molecule has 13 heavy (non-hydrogen) atoms. The predicted molar refractivity (Wildman–Crippen MR) is 51.6 cm³/mol. The fraction of sp³-hybridized carbons (Fsp3) is 0.250. The quantitative estimate of drug-likeness (QED) is 0.239. The zero-order valence-electron chi connectivity index (χ0n) is 7.21. The van der Waals surface area contributed by atoms with Gasteiger partial charge >= 0.3 is 0 Å². The molecule has 0 spiro atoms. The van der Waals surface area contributed by atoms with Gasteiger partial charge in [-0.15, -0.1) is 0 Å². The van der Waals surface area contributed by atoms with Crippen LogP contribution >= 0.6 is 11.8 Å². The van der Waals surface area contributed by atoms with Gasteiger partial charge in [0, 0.05) is 17.9 Å². The molecule has 0 aliphatic carbocycles. The molecule has 1 rings (SSSR count). The predicted octanol–water partition coefficient (Wildman–Crippen LogP) is 1.04. The Balaban J connectivity index is 2.45. The second-order valence-corrected chi connectivity index (χ2v) is 3.19. The van der Waals surface area contributed by atoms with Gasteiger partial charge in [0.05, 0.1) is 6.21 Å². The Bertz CT molecular complexity index is 291. The second-order valence-electron chi connectivity index (χ2n) is 2.15. The first kappa shape index (κ1) is 9.85. The van der Waals surface area contributed by atoms with E-state index in [1.54, 1.807) is 18.3 Å². The minimum Gasteiger partial charge on any atom is -0.618 e. The maximum Gasteiger partial charge on any atom is 0.251 e. The minimum atomic E-state index is 0.625. The molecule has 5 heteroatoms. The van der Waals surface area contributed by atoms with E-state index >= 15 is 0 Å². The fourth-order valence-corrected chi connectivity index (χ4v) is 1.42. The molecule has 0 radical (unpaired) electrons. The average molecular weight is 198 g/mol. The van der Waals surface area contributed by atoms with E-state index in [1.165, 1.54) is 25.1 Å². The lowest BCUT2D eigenvalue weighted by molar-refractivity contribution is -0.645. The molecule has 70 valence electrons. The highest BCUT2D eigenvalue weighted by molar-refractivity contribution is 7.99. The highest BCUT2D eigenvalue weighted by atomic mass is 32.2. The van der Waals surface area contributed by atoms with Crippen LogP contribution in [0.25, 0.3) is 0 Å². The molecule has 0 atom stereocenters. The molecule has 0 aromatic carbocycles. The number of rotatable bonds is 4. The molecule has 0 aliphatic rings. The summed E-state index contributed by atoms with van der Waals surface area (Å²) < 4.78 is 0.825. The van der Waals surface area contributed by atoms with Crippen molar-refractivity contribution in [2.24, 2.45) is 5.16 Å². The Morgan fingerprint density at radius 1 is 1.69 bits per heavy atom. The van der Waals surface area contributed by atoms with Gasteiger partial charge in [-0.25, -0.2) is 0 Å². The lowest BCUT2D eigenvalue weighted by atomic mass is 10.5. The third-order valence-electron chi connectivity index (χ3n) is 1.27. The Hall–Kier alpha value is -1.23. The maximum atomic E-state index is 11.1. The van der Waals surface area contributed by atoms with E-state index in [0.717, 1.165) is 4.73 Å². The summed E-state index contributed by atoms with van der Waals surface area (Å²) in [6, 6.07) is 5.28. The average Bonchev–Trinajstić information content (AvgIpc) is 2.15. The van der Waals surface area contributed by atoms with Crippen molar-refractivity contribution in [2.45, 2.75) is 5.03 Å². The van der Waals surface area contributed by atoms with Gasteiger partial charge in [-0.05, 0) is 6.07 Å². The van der Waals surface area contributed by atoms with Crippen molar-refractivity contribution >= 4 is 18.0 Å². The number of oxime groups is 1. The second kappa shape index (κ2) is 5.42. The molecular formula is C8H10N2O2S. The molecule has 1 heterocycles. The topological polar surface area (TPSA) is 48.5 Å². The van der Waals surface area contributed by atoms with Crippen LogP contribution in [0.1, 0.15) is 0 Å². The molecule has 0 N–H and O–H groups in total. The molecule has 4 nitrogen and oxygen atoms in total. The summed E-state index contributed by atoms with van der Waals surface area (Å²) in [6.45, 7) is 0. The first-order valence-electron chi connectivity index (χ1n) is 3.70. The van der Waals surface area contributed by atoms with Crippen molar-refractivity contribution in [2.75, 3.05) is 12.9 Å². The fourth-order valence-electron chi connectivity index (χ4n) is 0.752. The van der Waals surface area contributed by atoms with Crippen molar-refractivity contribution in [1.29, 1.82) is 0 Å². The summed E-state index contributed by atoms with van der Waals surface area (Å²) in [5.74, 6) is 0.625. The summed E-state index contributed by atoms with van der Waals surface area (Å²) in [7, 11) is 1.48. The van der Waals surface area contributed by atoms with Crippen molar-refractivity contribution in [1.82, 2.24) is 0 Å². The van der Waals surface area contributed by atoms with Gasteiger partial charge in [-0.1, -0.05) is 16.9 Å². The molecular weight excluding hydrogens is 188 g/mol. The Morgan fingerprint density at radius 3 is 3.23 bits per heavy atom. The van der Waals surface area contributed by atoms with Crippen LogP contribution in [0.5, 0.6) is 0 Å². The maximum absolute atomic E-state index is 11.1. The first-order chi connectivity index (χ1) is 6.34. The van der Waals surface area contributed by atoms with Gasteiger partial charge in [0.1, 0.15) is 7.11 Å². The van der Waals surface area contributed by atoms with Crippen LogP contribution in [0.3, 0.4) is 0 Å². The van der Waals surface area contributed by atoms with Crippen LogP contribution in [0.4, 0.5) is 0 Å². The molecule has 0 saturated heterocycles. The van der Waals surface area contributed by atoms with E-state index < -0.39 is 0 Å². The number of aromatic nitrogens is 1. The van der Waals surface area contributed by atoms with E-state index in [1.807, 2.05) is 6.07 Å². The molecule has 0 unspecified atom stereocenters. The summed E-state index contributed by atoms with van der Waals surface area (Å²) in [5.41, 5.74) is 0. The van der Waals surface area contributed by atoms with E-state index in [0.29, 0.717) is 10.8 Å². The van der Waals surface area contributed by atoms with Crippen molar-refractivity contribution in [3.05, 3.63) is 29.6 Å². The largest absolute Gasteiger partial charge is 0.618 e. The number of nitrogens with zero attached hydrogens (tertiary/aromatic N) is 2. The number of pyridine rings is 1. The van der Waals surface area contributed by atoms with Crippen molar-refractivity contribution in [3.63, 3.8) is 0 Å². The lowest BCUT2D eigenvalue weighted by Gasteiger charge is -1.99. The molecule has 0 saturated carbocycles. The number of hydrogen-bond donors (Lipinski definition) is 0. The smallest absolute Gasteiger partial charge is 0.251 e. The normalized spacial score (nSPS) is 10.5. The molecule has 1 aromatic heterocycles. The number of thioether (sulfide) groups is 1. The van der Waals surface area contributed by atoms with E-state index in [2.05, 4.69) is 9.99 Å². The molecule has 0 aliphatic heterocycles. The summed E-state index contributed by atoms with van der Waals surface area (Å²) in [5, 5.41) is 15.3. The van der Waals surface area contributed by atoms with E-state index in [-0.39, 0.29) is 0 Å². The summed E-state index contributed by atoms with van der Waals surface area (Å²) >= 11 is 1.41. The van der Waals surface area contributed by atoms with Crippen LogP contribution in [-0.4, -0.2) is 19.1 Å². The van der Waals surface area contributed by atoms with Gasteiger partial charge < -0.3 is 10.0 Å². The third-order valence-corrected chi connectivity index (χ3v) is 2.20. The Kier molecular flexibility index (Phi) is 4.11. The molecule has 0 bridgehead atoms. The van der Waals surface area contributed by atoms with E-state index in [4.69, 9.17) is 0 Å². The monoisotopic (exact) mass is 198 g/mol. The SMILES string of the molecule is CO/N=C/CSc1cccc[n+]1[O-]. The summed E-state index contributed by atoms with van der Waals surface area (Å²) in [4.78, 5) is 4.48. The Labute approximate surface area is 80.8 Å². The van der Waals surface area contributed by atoms with Gasteiger partial charge in [0.25, 0.3) is 5.03 Å². The lowest BCUT2D eigenvalue weighted by Crippen LogP contribution is -2.27. The molecule has 1 aromatic rings. The standard InChI is InChI=1S/C8H10N2O2S/c1-12-9-5-7-13-8-4-2-3-6-10(8)11/h2-6H,7H2,1H3/b9-5+. The molecule has 0 fully saturated rings.